The van der Waals surface area contributed by atoms with Gasteiger partial charge in [-0.05, 0) is 6.92 Å². The van der Waals surface area contributed by atoms with Gasteiger partial charge in [0.15, 0.2) is 5.96 Å². The number of aliphatic imine (C=N–C) groups is 1. The molecule has 104 valence electrons. The predicted molar refractivity (Wildman–Crippen MR) is 79.0 cm³/mol. The number of carbonyl (C=O) groups is 1. The zero-order valence-corrected chi connectivity index (χ0v) is 11.7. The van der Waals surface area contributed by atoms with Gasteiger partial charge in [-0.3, -0.25) is 0 Å². The van der Waals surface area contributed by atoms with Crippen molar-refractivity contribution >= 4 is 28.4 Å². The fourth-order valence-corrected chi connectivity index (χ4v) is 2.47. The minimum atomic E-state index is -0.430. The van der Waals surface area contributed by atoms with Gasteiger partial charge >= 0.3 is 5.97 Å². The van der Waals surface area contributed by atoms with Crippen molar-refractivity contribution < 1.29 is 9.53 Å². The van der Waals surface area contributed by atoms with E-state index in [2.05, 4.69) is 9.98 Å². The molecule has 1 heterocycles. The minimum Gasteiger partial charge on any atom is -0.462 e. The van der Waals surface area contributed by atoms with Crippen molar-refractivity contribution in [2.45, 2.75) is 6.92 Å². The lowest BCUT2D eigenvalue weighted by Gasteiger charge is -2.01. The molecule has 0 saturated carbocycles. The Hall–Kier alpha value is -2.41. The molecule has 0 bridgehead atoms. The number of aromatic nitrogens is 1. The Kier molecular flexibility index (Phi) is 4.31. The standard InChI is InChI=1S/C13H14N4O2S/c1-2-19-11(18)10-9(8-6-4-3-5-7-8)16-13(20-10)17-12(14)15/h3-7H,2H2,1H3,(H4,14,15,16,17). The molecular weight excluding hydrogens is 276 g/mol. The number of esters is 1. The van der Waals surface area contributed by atoms with Crippen LogP contribution in [0.3, 0.4) is 0 Å². The van der Waals surface area contributed by atoms with Crippen molar-refractivity contribution in [3.05, 3.63) is 35.2 Å². The fourth-order valence-electron chi connectivity index (χ4n) is 1.59. The van der Waals surface area contributed by atoms with Crippen molar-refractivity contribution in [1.29, 1.82) is 0 Å². The number of thiazole rings is 1. The van der Waals surface area contributed by atoms with Gasteiger partial charge < -0.3 is 16.2 Å². The fraction of sp³-hybridized carbons (Fsp3) is 0.154. The van der Waals surface area contributed by atoms with Gasteiger partial charge in [0.1, 0.15) is 4.88 Å². The maximum Gasteiger partial charge on any atom is 0.350 e. The van der Waals surface area contributed by atoms with Crippen LogP contribution >= 0.6 is 11.3 Å². The summed E-state index contributed by atoms with van der Waals surface area (Å²) in [6.45, 7) is 2.04. The normalized spacial score (nSPS) is 10.1. The molecule has 1 aromatic carbocycles. The van der Waals surface area contributed by atoms with Crippen LogP contribution < -0.4 is 11.5 Å². The van der Waals surface area contributed by atoms with Gasteiger partial charge in [-0.2, -0.15) is 4.99 Å². The van der Waals surface area contributed by atoms with Crippen molar-refractivity contribution in [2.24, 2.45) is 16.5 Å². The van der Waals surface area contributed by atoms with Gasteiger partial charge in [0, 0.05) is 5.56 Å². The highest BCUT2D eigenvalue weighted by atomic mass is 32.1. The maximum atomic E-state index is 12.0. The zero-order chi connectivity index (χ0) is 14.5. The molecule has 0 fully saturated rings. The molecular formula is C13H14N4O2S. The quantitative estimate of drug-likeness (QED) is 0.508. The van der Waals surface area contributed by atoms with E-state index in [1.165, 1.54) is 0 Å². The van der Waals surface area contributed by atoms with Gasteiger partial charge in [-0.15, -0.1) is 0 Å². The van der Waals surface area contributed by atoms with Crippen LogP contribution in [0.15, 0.2) is 35.3 Å². The summed E-state index contributed by atoms with van der Waals surface area (Å²) in [5.74, 6) is -0.533. The number of nitrogens with two attached hydrogens (primary N) is 2. The summed E-state index contributed by atoms with van der Waals surface area (Å²) in [5, 5.41) is 0.326. The van der Waals surface area contributed by atoms with Crippen LogP contribution in [0, 0.1) is 0 Å². The van der Waals surface area contributed by atoms with Crippen LogP contribution in [-0.4, -0.2) is 23.5 Å². The second-order valence-corrected chi connectivity index (χ2v) is 4.77. The van der Waals surface area contributed by atoms with E-state index >= 15 is 0 Å². The van der Waals surface area contributed by atoms with Gasteiger partial charge in [0.2, 0.25) is 5.13 Å². The van der Waals surface area contributed by atoms with E-state index < -0.39 is 5.97 Å². The lowest BCUT2D eigenvalue weighted by molar-refractivity contribution is 0.0532. The molecule has 0 aliphatic heterocycles. The molecule has 4 N–H and O–H groups in total. The third-order valence-corrected chi connectivity index (χ3v) is 3.28. The average molecular weight is 290 g/mol. The summed E-state index contributed by atoms with van der Waals surface area (Å²) in [4.78, 5) is 20.5. The summed E-state index contributed by atoms with van der Waals surface area (Å²) >= 11 is 1.10. The van der Waals surface area contributed by atoms with Crippen LogP contribution in [0.2, 0.25) is 0 Å². The molecule has 7 heteroatoms. The van der Waals surface area contributed by atoms with Crippen molar-refractivity contribution in [3.8, 4) is 11.3 Å². The van der Waals surface area contributed by atoms with Crippen molar-refractivity contribution in [2.75, 3.05) is 6.61 Å². The van der Waals surface area contributed by atoms with E-state index in [0.717, 1.165) is 16.9 Å². The molecule has 20 heavy (non-hydrogen) atoms. The molecule has 0 aliphatic rings. The van der Waals surface area contributed by atoms with Gasteiger partial charge in [-0.25, -0.2) is 9.78 Å². The Labute approximate surface area is 120 Å². The highest BCUT2D eigenvalue weighted by molar-refractivity contribution is 7.17. The predicted octanol–water partition coefficient (Wildman–Crippen LogP) is 1.89. The van der Waals surface area contributed by atoms with Crippen LogP contribution in [-0.2, 0) is 4.74 Å². The van der Waals surface area contributed by atoms with Crippen molar-refractivity contribution in [3.63, 3.8) is 0 Å². The minimum absolute atomic E-state index is 0.103. The lowest BCUT2D eigenvalue weighted by atomic mass is 10.1. The second-order valence-electron chi connectivity index (χ2n) is 3.80. The van der Waals surface area contributed by atoms with Crippen LogP contribution in [0.4, 0.5) is 5.13 Å². The topological polar surface area (TPSA) is 104 Å². The SMILES string of the molecule is CCOC(=O)c1sc(N=C(N)N)nc1-c1ccccc1. The molecule has 6 nitrogen and oxygen atoms in total. The van der Waals surface area contributed by atoms with E-state index in [4.69, 9.17) is 16.2 Å². The van der Waals surface area contributed by atoms with E-state index in [1.807, 2.05) is 30.3 Å². The summed E-state index contributed by atoms with van der Waals surface area (Å²) in [5.41, 5.74) is 12.0. The molecule has 0 saturated heterocycles. The van der Waals surface area contributed by atoms with Crippen molar-refractivity contribution in [1.82, 2.24) is 4.98 Å². The third-order valence-electron chi connectivity index (χ3n) is 2.35. The Balaban J connectivity index is 2.50. The molecule has 0 atom stereocenters. The molecule has 0 unspecified atom stereocenters. The second kappa shape index (κ2) is 6.16. The van der Waals surface area contributed by atoms with Gasteiger partial charge in [0.25, 0.3) is 0 Å². The molecule has 1 aromatic heterocycles. The van der Waals surface area contributed by atoms with Gasteiger partial charge in [-0.1, -0.05) is 41.7 Å². The number of hydrogen-bond acceptors (Lipinski definition) is 5. The Morgan fingerprint density at radius 2 is 2.05 bits per heavy atom. The number of guanidine groups is 1. The third kappa shape index (κ3) is 3.12. The molecule has 2 aromatic rings. The average Bonchev–Trinajstić information content (AvgIpc) is 2.83. The first kappa shape index (κ1) is 14.0. The first-order chi connectivity index (χ1) is 9.61. The maximum absolute atomic E-state index is 12.0. The first-order valence-electron chi connectivity index (χ1n) is 5.94. The van der Waals surface area contributed by atoms with E-state index in [-0.39, 0.29) is 5.96 Å². The largest absolute Gasteiger partial charge is 0.462 e. The summed E-state index contributed by atoms with van der Waals surface area (Å²) in [6.07, 6.45) is 0. The van der Waals surface area contributed by atoms with Crippen LogP contribution in [0.5, 0.6) is 0 Å². The highest BCUT2D eigenvalue weighted by Gasteiger charge is 2.20. The summed E-state index contributed by atoms with van der Waals surface area (Å²) < 4.78 is 5.03. The number of nitrogens with zero attached hydrogens (tertiary/aromatic N) is 2. The van der Waals surface area contributed by atoms with E-state index in [1.54, 1.807) is 6.92 Å². The number of hydrogen-bond donors (Lipinski definition) is 2. The Morgan fingerprint density at radius 1 is 1.35 bits per heavy atom. The van der Waals surface area contributed by atoms with E-state index in [9.17, 15) is 4.79 Å². The van der Waals surface area contributed by atoms with Crippen LogP contribution in [0.1, 0.15) is 16.6 Å². The summed E-state index contributed by atoms with van der Waals surface area (Å²) in [6, 6.07) is 9.33. The Bertz CT molecular complexity index is 633. The monoisotopic (exact) mass is 290 g/mol. The number of benzene rings is 1. The molecule has 0 amide bonds. The molecule has 2 rings (SSSR count). The summed E-state index contributed by atoms with van der Waals surface area (Å²) in [7, 11) is 0. The number of ether oxygens (including phenoxy) is 1. The van der Waals surface area contributed by atoms with E-state index in [0.29, 0.717) is 22.3 Å². The molecule has 0 radical (unpaired) electrons. The van der Waals surface area contributed by atoms with Crippen LogP contribution in [0.25, 0.3) is 11.3 Å². The number of rotatable bonds is 4. The smallest absolute Gasteiger partial charge is 0.350 e. The van der Waals surface area contributed by atoms with Gasteiger partial charge in [0.05, 0.1) is 12.3 Å². The zero-order valence-electron chi connectivity index (χ0n) is 10.9. The Morgan fingerprint density at radius 3 is 2.65 bits per heavy atom. The lowest BCUT2D eigenvalue weighted by Crippen LogP contribution is -2.21. The number of carbonyl (C=O) groups excluding carboxylic acids is 1. The first-order valence-corrected chi connectivity index (χ1v) is 6.76. The highest BCUT2D eigenvalue weighted by Crippen LogP contribution is 2.33. The molecule has 0 spiro atoms. The molecule has 0 aliphatic carbocycles.